The fraction of sp³-hybridized carbons (Fsp3) is 0.667. The van der Waals surface area contributed by atoms with Crippen LogP contribution in [0.1, 0.15) is 25.7 Å². The minimum Gasteiger partial charge on any atom is -0.481 e. The molecule has 1 aliphatic heterocycles. The molecule has 1 fully saturated rings. The molecule has 1 rings (SSSR count). The molecule has 1 aliphatic rings. The Labute approximate surface area is 84.6 Å². The quantitative estimate of drug-likeness (QED) is 0.688. The molecule has 1 unspecified atom stereocenters. The van der Waals surface area contributed by atoms with Crippen LogP contribution < -0.4 is 5.32 Å². The zero-order valence-electron chi connectivity index (χ0n) is 7.53. The van der Waals surface area contributed by atoms with Crippen LogP contribution in [0.5, 0.6) is 0 Å². The normalized spacial score (nSPS) is 22.6. The van der Waals surface area contributed by atoms with Gasteiger partial charge in [-0.1, -0.05) is 18.6 Å². The van der Waals surface area contributed by atoms with Crippen molar-refractivity contribution in [1.29, 1.82) is 0 Å². The molecular formula is C9H16ClNO2. The summed E-state index contributed by atoms with van der Waals surface area (Å²) >= 11 is 0. The van der Waals surface area contributed by atoms with Gasteiger partial charge in [0, 0.05) is 6.04 Å². The van der Waals surface area contributed by atoms with E-state index in [-0.39, 0.29) is 18.8 Å². The van der Waals surface area contributed by atoms with Crippen molar-refractivity contribution in [1.82, 2.24) is 5.32 Å². The first-order chi connectivity index (χ1) is 5.79. The Hall–Kier alpha value is -0.540. The predicted molar refractivity (Wildman–Crippen MR) is 54.3 cm³/mol. The fourth-order valence-corrected chi connectivity index (χ4v) is 1.38. The molecule has 0 aliphatic carbocycles. The average Bonchev–Trinajstić information content (AvgIpc) is 2.05. The van der Waals surface area contributed by atoms with E-state index in [0.29, 0.717) is 6.04 Å². The van der Waals surface area contributed by atoms with Gasteiger partial charge in [-0.25, -0.2) is 0 Å². The molecule has 3 nitrogen and oxygen atoms in total. The van der Waals surface area contributed by atoms with Crippen LogP contribution in [0.2, 0.25) is 0 Å². The molecular weight excluding hydrogens is 190 g/mol. The SMILES string of the molecule is Cl.O=C(O)C/C=C/C1CCCCN1. The van der Waals surface area contributed by atoms with Crippen molar-refractivity contribution in [3.8, 4) is 0 Å². The van der Waals surface area contributed by atoms with E-state index in [1.165, 1.54) is 12.8 Å². The summed E-state index contributed by atoms with van der Waals surface area (Å²) in [5.41, 5.74) is 0. The van der Waals surface area contributed by atoms with Crippen molar-refractivity contribution in [2.75, 3.05) is 6.54 Å². The van der Waals surface area contributed by atoms with Gasteiger partial charge in [-0.15, -0.1) is 12.4 Å². The highest BCUT2D eigenvalue weighted by Gasteiger charge is 2.07. The van der Waals surface area contributed by atoms with E-state index < -0.39 is 5.97 Å². The number of carbonyl (C=O) groups is 1. The van der Waals surface area contributed by atoms with Gasteiger partial charge in [0.2, 0.25) is 0 Å². The third-order valence-corrected chi connectivity index (χ3v) is 2.01. The lowest BCUT2D eigenvalue weighted by atomic mass is 10.0. The van der Waals surface area contributed by atoms with Gasteiger partial charge in [0.25, 0.3) is 0 Å². The Bertz CT molecular complexity index is 176. The maximum absolute atomic E-state index is 10.2. The van der Waals surface area contributed by atoms with E-state index in [4.69, 9.17) is 5.11 Å². The molecule has 13 heavy (non-hydrogen) atoms. The maximum Gasteiger partial charge on any atom is 0.307 e. The monoisotopic (exact) mass is 205 g/mol. The molecule has 0 bridgehead atoms. The van der Waals surface area contributed by atoms with Crippen LogP contribution in [0.15, 0.2) is 12.2 Å². The van der Waals surface area contributed by atoms with Gasteiger partial charge < -0.3 is 10.4 Å². The minimum atomic E-state index is -0.762. The summed E-state index contributed by atoms with van der Waals surface area (Å²) in [6.07, 6.45) is 7.45. The van der Waals surface area contributed by atoms with E-state index in [9.17, 15) is 4.79 Å². The van der Waals surface area contributed by atoms with E-state index in [1.807, 2.05) is 6.08 Å². The Balaban J connectivity index is 0.00000144. The maximum atomic E-state index is 10.2. The average molecular weight is 206 g/mol. The standard InChI is InChI=1S/C9H15NO2.ClH/c11-9(12)6-3-5-8-4-1-2-7-10-8;/h3,5,8,10H,1-2,4,6-7H2,(H,11,12);1H/b5-3+;. The van der Waals surface area contributed by atoms with Crippen molar-refractivity contribution in [2.24, 2.45) is 0 Å². The van der Waals surface area contributed by atoms with Crippen molar-refractivity contribution < 1.29 is 9.90 Å². The van der Waals surface area contributed by atoms with Gasteiger partial charge in [-0.2, -0.15) is 0 Å². The van der Waals surface area contributed by atoms with Gasteiger partial charge in [-0.3, -0.25) is 4.79 Å². The van der Waals surface area contributed by atoms with Crippen LogP contribution >= 0.6 is 12.4 Å². The number of carboxylic acids is 1. The van der Waals surface area contributed by atoms with E-state index in [2.05, 4.69) is 5.32 Å². The highest BCUT2D eigenvalue weighted by Crippen LogP contribution is 2.07. The van der Waals surface area contributed by atoms with Gasteiger partial charge in [-0.05, 0) is 19.4 Å². The molecule has 0 aromatic heterocycles. The molecule has 0 aromatic rings. The Morgan fingerprint density at radius 3 is 2.85 bits per heavy atom. The number of hydrogen-bond donors (Lipinski definition) is 2. The van der Waals surface area contributed by atoms with Gasteiger partial charge in [0.1, 0.15) is 0 Å². The van der Waals surface area contributed by atoms with E-state index >= 15 is 0 Å². The first kappa shape index (κ1) is 12.5. The largest absolute Gasteiger partial charge is 0.481 e. The Morgan fingerprint density at radius 1 is 1.54 bits per heavy atom. The van der Waals surface area contributed by atoms with Crippen molar-refractivity contribution in [2.45, 2.75) is 31.7 Å². The highest BCUT2D eigenvalue weighted by atomic mass is 35.5. The van der Waals surface area contributed by atoms with E-state index in [0.717, 1.165) is 13.0 Å². The first-order valence-electron chi connectivity index (χ1n) is 4.41. The number of rotatable bonds is 3. The molecule has 0 amide bonds. The second kappa shape index (κ2) is 6.92. The number of halogens is 1. The first-order valence-corrected chi connectivity index (χ1v) is 4.41. The molecule has 4 heteroatoms. The minimum absolute atomic E-state index is 0. The lowest BCUT2D eigenvalue weighted by Gasteiger charge is -2.19. The smallest absolute Gasteiger partial charge is 0.307 e. The molecule has 0 aromatic carbocycles. The van der Waals surface area contributed by atoms with Crippen molar-refractivity contribution in [3.63, 3.8) is 0 Å². The summed E-state index contributed by atoms with van der Waals surface area (Å²) in [4.78, 5) is 10.2. The van der Waals surface area contributed by atoms with Crippen LogP contribution in [0, 0.1) is 0 Å². The van der Waals surface area contributed by atoms with Gasteiger partial charge in [0.15, 0.2) is 0 Å². The Morgan fingerprint density at radius 2 is 2.31 bits per heavy atom. The summed E-state index contributed by atoms with van der Waals surface area (Å²) in [6.45, 7) is 1.06. The summed E-state index contributed by atoms with van der Waals surface area (Å²) < 4.78 is 0. The van der Waals surface area contributed by atoms with Crippen LogP contribution in [-0.2, 0) is 4.79 Å². The van der Waals surface area contributed by atoms with Crippen molar-refractivity contribution >= 4 is 18.4 Å². The molecule has 0 spiro atoms. The van der Waals surface area contributed by atoms with Crippen molar-refractivity contribution in [3.05, 3.63) is 12.2 Å². The summed E-state index contributed by atoms with van der Waals surface area (Å²) in [7, 11) is 0. The molecule has 76 valence electrons. The lowest BCUT2D eigenvalue weighted by molar-refractivity contribution is -0.136. The second-order valence-electron chi connectivity index (χ2n) is 3.08. The zero-order chi connectivity index (χ0) is 8.81. The van der Waals surface area contributed by atoms with Gasteiger partial charge in [0.05, 0.1) is 6.42 Å². The van der Waals surface area contributed by atoms with Crippen LogP contribution in [0.25, 0.3) is 0 Å². The van der Waals surface area contributed by atoms with Gasteiger partial charge >= 0.3 is 5.97 Å². The third-order valence-electron chi connectivity index (χ3n) is 2.01. The lowest BCUT2D eigenvalue weighted by Crippen LogP contribution is -2.32. The number of hydrogen-bond acceptors (Lipinski definition) is 2. The van der Waals surface area contributed by atoms with Crippen LogP contribution in [0.3, 0.4) is 0 Å². The van der Waals surface area contributed by atoms with Crippen LogP contribution in [0.4, 0.5) is 0 Å². The van der Waals surface area contributed by atoms with Crippen LogP contribution in [-0.4, -0.2) is 23.7 Å². The number of carboxylic acid groups (broad SMARTS) is 1. The fourth-order valence-electron chi connectivity index (χ4n) is 1.38. The number of piperidine rings is 1. The highest BCUT2D eigenvalue weighted by molar-refractivity contribution is 5.85. The summed E-state index contributed by atoms with van der Waals surface area (Å²) in [5, 5.41) is 11.7. The number of nitrogens with one attached hydrogen (secondary N) is 1. The molecule has 0 radical (unpaired) electrons. The molecule has 1 saturated heterocycles. The Kier molecular flexibility index (Phi) is 6.63. The number of aliphatic carboxylic acids is 1. The summed E-state index contributed by atoms with van der Waals surface area (Å²) in [6, 6.07) is 0.401. The topological polar surface area (TPSA) is 49.3 Å². The molecule has 2 N–H and O–H groups in total. The zero-order valence-corrected chi connectivity index (χ0v) is 8.35. The second-order valence-corrected chi connectivity index (χ2v) is 3.08. The van der Waals surface area contributed by atoms with E-state index in [1.54, 1.807) is 6.08 Å². The summed E-state index contributed by atoms with van der Waals surface area (Å²) in [5.74, 6) is -0.762. The molecule has 1 atom stereocenters. The molecule has 1 heterocycles. The predicted octanol–water partition coefficient (Wildman–Crippen LogP) is 1.58. The molecule has 0 saturated carbocycles. The third kappa shape index (κ3) is 5.66.